The van der Waals surface area contributed by atoms with Crippen LogP contribution in [-0.2, 0) is 21.4 Å². The summed E-state index contributed by atoms with van der Waals surface area (Å²) >= 11 is 14.6. The number of carbonyl (C=O) groups excluding carboxylic acids is 2. The molecule has 0 unspecified atom stereocenters. The third-order valence-electron chi connectivity index (χ3n) is 6.16. The van der Waals surface area contributed by atoms with Crippen LogP contribution in [0.4, 0.5) is 0 Å². The Labute approximate surface area is 223 Å². The molecule has 1 saturated heterocycles. The number of hydrogen-bond donors (Lipinski definition) is 2. The second-order valence-corrected chi connectivity index (χ2v) is 10.4. The minimum atomic E-state index is -1.08. The summed E-state index contributed by atoms with van der Waals surface area (Å²) in [5, 5.41) is 13.0. The molecule has 2 N–H and O–H groups in total. The van der Waals surface area contributed by atoms with Gasteiger partial charge in [0.1, 0.15) is 6.54 Å². The first-order valence-corrected chi connectivity index (χ1v) is 13.0. The second-order valence-electron chi connectivity index (χ2n) is 8.57. The number of benzene rings is 2. The quantitative estimate of drug-likeness (QED) is 0.403. The van der Waals surface area contributed by atoms with Crippen LogP contribution in [0.1, 0.15) is 18.4 Å². The fourth-order valence-electron chi connectivity index (χ4n) is 4.14. The molecule has 2 aromatic carbocycles. The Balaban J connectivity index is 1.36. The zero-order chi connectivity index (χ0) is 25.8. The third kappa shape index (κ3) is 6.06. The lowest BCUT2D eigenvalue weighted by Crippen LogP contribution is -2.43. The first-order valence-electron chi connectivity index (χ1n) is 11.4. The Bertz CT molecular complexity index is 1350. The van der Waals surface area contributed by atoms with E-state index in [0.29, 0.717) is 41.5 Å². The van der Waals surface area contributed by atoms with E-state index in [-0.39, 0.29) is 17.7 Å². The predicted molar refractivity (Wildman–Crippen MR) is 142 cm³/mol. The van der Waals surface area contributed by atoms with Gasteiger partial charge in [-0.15, -0.1) is 0 Å². The average Bonchev–Trinajstić information content (AvgIpc) is 3.24. The van der Waals surface area contributed by atoms with Gasteiger partial charge in [0.25, 0.3) is 0 Å². The molecule has 3 aromatic rings. The highest BCUT2D eigenvalue weighted by Gasteiger charge is 2.26. The van der Waals surface area contributed by atoms with Crippen LogP contribution in [0.2, 0.25) is 10.0 Å². The fraction of sp³-hybridized carbons (Fsp3) is 0.269. The standard InChI is InChI=1S/C26H25Cl2N3O4S/c1-30-11-8-18-14-19(4-5-20(18)30)36-21-6-2-16(24(27)25(21)28)3-7-22(32)31-12-9-17(10-13-31)26(35)29-15-23(33)34/h2-8,11,14,17H,9-10,12-13,15H2,1H3,(H,29,35)(H,33,34)/b7-3+. The molecule has 0 saturated carbocycles. The zero-order valence-corrected chi connectivity index (χ0v) is 21.9. The van der Waals surface area contributed by atoms with Crippen LogP contribution in [0.25, 0.3) is 17.0 Å². The molecule has 7 nitrogen and oxygen atoms in total. The van der Waals surface area contributed by atoms with Crippen LogP contribution in [0.3, 0.4) is 0 Å². The minimum Gasteiger partial charge on any atom is -0.480 e. The summed E-state index contributed by atoms with van der Waals surface area (Å²) in [5.74, 6) is -1.84. The number of carboxylic acids is 1. The number of likely N-dealkylation sites (tertiary alicyclic amines) is 1. The molecule has 1 aromatic heterocycles. The number of piperidine rings is 1. The highest BCUT2D eigenvalue weighted by Crippen LogP contribution is 2.40. The lowest BCUT2D eigenvalue weighted by Gasteiger charge is -2.30. The smallest absolute Gasteiger partial charge is 0.322 e. The third-order valence-corrected chi connectivity index (χ3v) is 8.22. The van der Waals surface area contributed by atoms with Crippen LogP contribution < -0.4 is 5.32 Å². The van der Waals surface area contributed by atoms with Crippen LogP contribution in [-0.4, -0.2) is 52.0 Å². The largest absolute Gasteiger partial charge is 0.480 e. The second kappa shape index (κ2) is 11.4. The summed E-state index contributed by atoms with van der Waals surface area (Å²) < 4.78 is 2.07. The molecule has 1 fully saturated rings. The number of aryl methyl sites for hydroxylation is 1. The summed E-state index contributed by atoms with van der Waals surface area (Å²) in [6.07, 6.45) is 6.09. The number of carbonyl (C=O) groups is 3. The Morgan fingerprint density at radius 1 is 1.11 bits per heavy atom. The minimum absolute atomic E-state index is 0.179. The van der Waals surface area contributed by atoms with Crippen molar-refractivity contribution in [2.75, 3.05) is 19.6 Å². The zero-order valence-electron chi connectivity index (χ0n) is 19.5. The topological polar surface area (TPSA) is 91.6 Å². The molecule has 0 spiro atoms. The number of nitrogens with zero attached hydrogens (tertiary/aromatic N) is 2. The number of rotatable bonds is 7. The number of halogens is 2. The molecule has 0 bridgehead atoms. The number of nitrogens with one attached hydrogen (secondary N) is 1. The molecular weight excluding hydrogens is 521 g/mol. The maximum Gasteiger partial charge on any atom is 0.322 e. The van der Waals surface area contributed by atoms with Crippen LogP contribution in [0, 0.1) is 5.92 Å². The van der Waals surface area contributed by atoms with Gasteiger partial charge in [-0.3, -0.25) is 14.4 Å². The molecule has 2 amide bonds. The SMILES string of the molecule is Cn1ccc2cc(Sc3ccc(/C=C/C(=O)N4CCC(C(=O)NCC(=O)O)CC4)c(Cl)c3Cl)ccc21. The highest BCUT2D eigenvalue weighted by molar-refractivity contribution is 7.99. The molecule has 4 rings (SSSR count). The molecule has 1 aliphatic heterocycles. The van der Waals surface area contributed by atoms with Crippen molar-refractivity contribution < 1.29 is 19.5 Å². The van der Waals surface area contributed by atoms with E-state index < -0.39 is 12.5 Å². The van der Waals surface area contributed by atoms with E-state index in [1.54, 1.807) is 11.0 Å². The maximum absolute atomic E-state index is 12.7. The monoisotopic (exact) mass is 545 g/mol. The number of amides is 2. The molecule has 1 aliphatic rings. The van der Waals surface area contributed by atoms with Gasteiger partial charge in [-0.1, -0.05) is 41.0 Å². The molecule has 10 heteroatoms. The van der Waals surface area contributed by atoms with Gasteiger partial charge in [0, 0.05) is 59.0 Å². The number of aliphatic carboxylic acids is 1. The Kier molecular flexibility index (Phi) is 8.28. The van der Waals surface area contributed by atoms with E-state index in [0.717, 1.165) is 20.7 Å². The van der Waals surface area contributed by atoms with E-state index in [2.05, 4.69) is 28.1 Å². The van der Waals surface area contributed by atoms with Crippen molar-refractivity contribution in [3.8, 4) is 0 Å². The van der Waals surface area contributed by atoms with Gasteiger partial charge in [0.05, 0.1) is 10.0 Å². The van der Waals surface area contributed by atoms with Crippen LogP contribution in [0.5, 0.6) is 0 Å². The van der Waals surface area contributed by atoms with Crippen molar-refractivity contribution >= 4 is 69.7 Å². The van der Waals surface area contributed by atoms with E-state index in [9.17, 15) is 14.4 Å². The normalized spacial score (nSPS) is 14.5. The summed E-state index contributed by atoms with van der Waals surface area (Å²) in [7, 11) is 2.01. The van der Waals surface area contributed by atoms with Crippen molar-refractivity contribution in [1.82, 2.24) is 14.8 Å². The van der Waals surface area contributed by atoms with Crippen LogP contribution in [0.15, 0.2) is 58.5 Å². The van der Waals surface area contributed by atoms with Gasteiger partial charge >= 0.3 is 5.97 Å². The van der Waals surface area contributed by atoms with E-state index in [4.69, 9.17) is 28.3 Å². The van der Waals surface area contributed by atoms with Crippen LogP contribution >= 0.6 is 35.0 Å². The van der Waals surface area contributed by atoms with E-state index in [1.165, 1.54) is 17.8 Å². The van der Waals surface area contributed by atoms with Gasteiger partial charge in [-0.05, 0) is 54.8 Å². The molecular formula is C26H25Cl2N3O4S. The average molecular weight is 546 g/mol. The number of hydrogen-bond acceptors (Lipinski definition) is 4. The molecule has 36 heavy (non-hydrogen) atoms. The van der Waals surface area contributed by atoms with Gasteiger partial charge in [0.2, 0.25) is 11.8 Å². The number of aromatic nitrogens is 1. The molecule has 2 heterocycles. The molecule has 0 aliphatic carbocycles. The number of carboxylic acid groups (broad SMARTS) is 1. The van der Waals surface area contributed by atoms with Gasteiger partial charge < -0.3 is 19.9 Å². The van der Waals surface area contributed by atoms with Gasteiger partial charge in [0.15, 0.2) is 0 Å². The lowest BCUT2D eigenvalue weighted by atomic mass is 9.96. The van der Waals surface area contributed by atoms with Crippen molar-refractivity contribution in [2.24, 2.45) is 13.0 Å². The van der Waals surface area contributed by atoms with Crippen molar-refractivity contribution in [1.29, 1.82) is 0 Å². The number of fused-ring (bicyclic) bond motifs is 1. The van der Waals surface area contributed by atoms with Crippen molar-refractivity contribution in [3.05, 3.63) is 64.3 Å². The van der Waals surface area contributed by atoms with Gasteiger partial charge in [-0.2, -0.15) is 0 Å². The molecule has 0 atom stereocenters. The summed E-state index contributed by atoms with van der Waals surface area (Å²) in [5.41, 5.74) is 1.79. The Hall–Kier alpha value is -2.94. The summed E-state index contributed by atoms with van der Waals surface area (Å²) in [6.45, 7) is 0.442. The Morgan fingerprint density at radius 3 is 2.58 bits per heavy atom. The van der Waals surface area contributed by atoms with Crippen molar-refractivity contribution in [2.45, 2.75) is 22.6 Å². The summed E-state index contributed by atoms with van der Waals surface area (Å²) in [6, 6.07) is 12.0. The van der Waals surface area contributed by atoms with Gasteiger partial charge in [-0.25, -0.2) is 0 Å². The van der Waals surface area contributed by atoms with E-state index >= 15 is 0 Å². The van der Waals surface area contributed by atoms with E-state index in [1.807, 2.05) is 31.4 Å². The summed E-state index contributed by atoms with van der Waals surface area (Å²) in [4.78, 5) is 38.8. The first kappa shape index (κ1) is 26.1. The Morgan fingerprint density at radius 2 is 1.86 bits per heavy atom. The molecule has 188 valence electrons. The maximum atomic E-state index is 12.7. The predicted octanol–water partition coefficient (Wildman–Crippen LogP) is 5.09. The molecule has 0 radical (unpaired) electrons. The fourth-order valence-corrected chi connectivity index (χ4v) is 5.62. The van der Waals surface area contributed by atoms with Crippen molar-refractivity contribution in [3.63, 3.8) is 0 Å². The first-order chi connectivity index (χ1) is 17.2. The lowest BCUT2D eigenvalue weighted by molar-refractivity contribution is -0.139. The highest BCUT2D eigenvalue weighted by atomic mass is 35.5.